The lowest BCUT2D eigenvalue weighted by Crippen LogP contribution is -2.14. The fourth-order valence-electron chi connectivity index (χ4n) is 3.02. The van der Waals surface area contributed by atoms with Crippen LogP contribution in [0.15, 0.2) is 49.3 Å². The smallest absolute Gasteiger partial charge is 0.145 e. The van der Waals surface area contributed by atoms with E-state index in [0.717, 1.165) is 16.6 Å². The Morgan fingerprint density at radius 3 is 2.68 bits per heavy atom. The van der Waals surface area contributed by atoms with E-state index in [4.69, 9.17) is 4.74 Å². The van der Waals surface area contributed by atoms with Gasteiger partial charge in [-0.15, -0.1) is 0 Å². The third kappa shape index (κ3) is 3.36. The van der Waals surface area contributed by atoms with Crippen LogP contribution in [0.4, 0.5) is 10.2 Å². The van der Waals surface area contributed by atoms with Gasteiger partial charge in [-0.1, -0.05) is 0 Å². The molecule has 7 nitrogen and oxygen atoms in total. The summed E-state index contributed by atoms with van der Waals surface area (Å²) >= 11 is 0. The molecule has 4 rings (SSSR count). The predicted molar refractivity (Wildman–Crippen MR) is 105 cm³/mol. The second kappa shape index (κ2) is 7.22. The molecule has 0 radical (unpaired) electrons. The lowest BCUT2D eigenvalue weighted by atomic mass is 10.1. The molecule has 0 aliphatic carbocycles. The highest BCUT2D eigenvalue weighted by molar-refractivity contribution is 5.96. The number of benzene rings is 1. The zero-order valence-corrected chi connectivity index (χ0v) is 15.7. The Labute approximate surface area is 161 Å². The quantitative estimate of drug-likeness (QED) is 0.566. The maximum Gasteiger partial charge on any atom is 0.145 e. The van der Waals surface area contributed by atoms with Gasteiger partial charge in [0.25, 0.3) is 0 Å². The van der Waals surface area contributed by atoms with Gasteiger partial charge in [-0.05, 0) is 38.1 Å². The first-order valence-corrected chi connectivity index (χ1v) is 8.76. The average Bonchev–Trinajstić information content (AvgIpc) is 3.14. The van der Waals surface area contributed by atoms with Crippen molar-refractivity contribution in [2.24, 2.45) is 0 Å². The Balaban J connectivity index is 1.80. The van der Waals surface area contributed by atoms with Crippen LogP contribution in [0.2, 0.25) is 0 Å². The first kappa shape index (κ1) is 17.8. The minimum absolute atomic E-state index is 0.0714. The van der Waals surface area contributed by atoms with Crippen LogP contribution in [0.25, 0.3) is 22.2 Å². The van der Waals surface area contributed by atoms with Gasteiger partial charge in [0.15, 0.2) is 0 Å². The van der Waals surface area contributed by atoms with Gasteiger partial charge in [0.2, 0.25) is 0 Å². The zero-order valence-electron chi connectivity index (χ0n) is 15.7. The lowest BCUT2D eigenvalue weighted by Gasteiger charge is -2.18. The summed E-state index contributed by atoms with van der Waals surface area (Å²) in [4.78, 5) is 17.2. The summed E-state index contributed by atoms with van der Waals surface area (Å²) in [5.74, 6) is 0.868. The Bertz CT molecular complexity index is 1130. The number of rotatable bonds is 5. The van der Waals surface area contributed by atoms with Crippen molar-refractivity contribution in [1.29, 1.82) is 0 Å². The fourth-order valence-corrected chi connectivity index (χ4v) is 3.02. The SMILES string of the molecule is COc1cc(-c2ccc(F)cn2)cc2c(NC(C)n3cnc(C)c3)ncnc12. The molecule has 1 unspecified atom stereocenters. The zero-order chi connectivity index (χ0) is 19.7. The molecule has 142 valence electrons. The van der Waals surface area contributed by atoms with Crippen LogP contribution in [0, 0.1) is 12.7 Å². The van der Waals surface area contributed by atoms with E-state index in [1.807, 2.05) is 36.7 Å². The number of pyridine rings is 1. The summed E-state index contributed by atoms with van der Waals surface area (Å²) in [6.07, 6.45) is 6.34. The van der Waals surface area contributed by atoms with Crippen molar-refractivity contribution in [3.8, 4) is 17.0 Å². The highest BCUT2D eigenvalue weighted by Crippen LogP contribution is 2.34. The van der Waals surface area contributed by atoms with E-state index in [0.29, 0.717) is 22.8 Å². The normalized spacial score (nSPS) is 12.1. The van der Waals surface area contributed by atoms with Crippen LogP contribution in [0.3, 0.4) is 0 Å². The number of anilines is 1. The van der Waals surface area contributed by atoms with E-state index in [2.05, 4.69) is 25.3 Å². The average molecular weight is 378 g/mol. The Morgan fingerprint density at radius 1 is 1.14 bits per heavy atom. The van der Waals surface area contributed by atoms with Crippen LogP contribution in [-0.4, -0.2) is 31.6 Å². The number of methoxy groups -OCH3 is 1. The molecule has 1 atom stereocenters. The highest BCUT2D eigenvalue weighted by Gasteiger charge is 2.14. The number of fused-ring (bicyclic) bond motifs is 1. The summed E-state index contributed by atoms with van der Waals surface area (Å²) in [7, 11) is 1.59. The third-order valence-corrected chi connectivity index (χ3v) is 4.47. The number of hydrogen-bond acceptors (Lipinski definition) is 6. The van der Waals surface area contributed by atoms with Crippen LogP contribution in [-0.2, 0) is 0 Å². The van der Waals surface area contributed by atoms with Crippen molar-refractivity contribution in [2.45, 2.75) is 20.0 Å². The Hall–Kier alpha value is -3.55. The number of hydrogen-bond donors (Lipinski definition) is 1. The molecule has 1 N–H and O–H groups in total. The fraction of sp³-hybridized carbons (Fsp3) is 0.200. The van der Waals surface area contributed by atoms with Crippen LogP contribution < -0.4 is 10.1 Å². The lowest BCUT2D eigenvalue weighted by molar-refractivity contribution is 0.419. The van der Waals surface area contributed by atoms with Gasteiger partial charge in [0, 0.05) is 17.1 Å². The number of nitrogens with zero attached hydrogens (tertiary/aromatic N) is 5. The van der Waals surface area contributed by atoms with E-state index in [1.165, 1.54) is 18.6 Å². The molecule has 28 heavy (non-hydrogen) atoms. The molecule has 0 saturated carbocycles. The number of aryl methyl sites for hydroxylation is 1. The summed E-state index contributed by atoms with van der Waals surface area (Å²) in [6.45, 7) is 3.95. The number of aromatic nitrogens is 5. The van der Waals surface area contributed by atoms with E-state index in [1.54, 1.807) is 19.5 Å². The van der Waals surface area contributed by atoms with Gasteiger partial charge in [-0.2, -0.15) is 0 Å². The summed E-state index contributed by atoms with van der Waals surface area (Å²) < 4.78 is 20.7. The molecule has 8 heteroatoms. The molecule has 1 aromatic carbocycles. The standard InChI is InChI=1S/C20H19FN6O/c1-12-9-27(11-25-12)13(2)26-20-16-6-14(17-5-4-15(21)8-22-17)7-18(28-3)19(16)23-10-24-20/h4-11,13H,1-3H3,(H,23,24,26). The molecular weight excluding hydrogens is 359 g/mol. The molecule has 3 aromatic heterocycles. The van der Waals surface area contributed by atoms with Crippen molar-refractivity contribution in [1.82, 2.24) is 24.5 Å². The molecule has 0 aliphatic rings. The predicted octanol–water partition coefficient (Wildman–Crippen LogP) is 3.98. The molecule has 0 amide bonds. The van der Waals surface area contributed by atoms with Crippen molar-refractivity contribution >= 4 is 16.7 Å². The first-order valence-electron chi connectivity index (χ1n) is 8.76. The Kier molecular flexibility index (Phi) is 4.60. The molecular formula is C20H19FN6O. The van der Waals surface area contributed by atoms with Crippen LogP contribution >= 0.6 is 0 Å². The molecule has 0 saturated heterocycles. The van der Waals surface area contributed by atoms with Crippen molar-refractivity contribution in [3.05, 3.63) is 60.8 Å². The van der Waals surface area contributed by atoms with Crippen molar-refractivity contribution in [3.63, 3.8) is 0 Å². The topological polar surface area (TPSA) is 77.8 Å². The molecule has 3 heterocycles. The monoisotopic (exact) mass is 378 g/mol. The van der Waals surface area contributed by atoms with E-state index in [9.17, 15) is 4.39 Å². The molecule has 0 aliphatic heterocycles. The van der Waals surface area contributed by atoms with E-state index >= 15 is 0 Å². The van der Waals surface area contributed by atoms with E-state index in [-0.39, 0.29) is 12.0 Å². The minimum atomic E-state index is -0.383. The van der Waals surface area contributed by atoms with Gasteiger partial charge in [0.05, 0.1) is 31.0 Å². The van der Waals surface area contributed by atoms with Crippen molar-refractivity contribution < 1.29 is 9.13 Å². The second-order valence-electron chi connectivity index (χ2n) is 6.44. The van der Waals surface area contributed by atoms with Gasteiger partial charge < -0.3 is 14.6 Å². The van der Waals surface area contributed by atoms with Gasteiger partial charge in [0.1, 0.15) is 35.4 Å². The van der Waals surface area contributed by atoms with Crippen LogP contribution in [0.5, 0.6) is 5.75 Å². The molecule has 0 bridgehead atoms. The molecule has 4 aromatic rings. The van der Waals surface area contributed by atoms with Crippen molar-refractivity contribution in [2.75, 3.05) is 12.4 Å². The number of ether oxygens (including phenoxy) is 1. The number of halogens is 1. The van der Waals surface area contributed by atoms with E-state index < -0.39 is 0 Å². The molecule has 0 spiro atoms. The maximum absolute atomic E-state index is 13.2. The maximum atomic E-state index is 13.2. The number of nitrogens with one attached hydrogen (secondary N) is 1. The molecule has 0 fully saturated rings. The first-order chi connectivity index (χ1) is 13.5. The minimum Gasteiger partial charge on any atom is -0.494 e. The van der Waals surface area contributed by atoms with Gasteiger partial charge in [-0.3, -0.25) is 4.98 Å². The summed E-state index contributed by atoms with van der Waals surface area (Å²) in [5, 5.41) is 4.17. The third-order valence-electron chi connectivity index (χ3n) is 4.47. The summed E-state index contributed by atoms with van der Waals surface area (Å²) in [5.41, 5.74) is 3.04. The van der Waals surface area contributed by atoms with Crippen LogP contribution in [0.1, 0.15) is 18.8 Å². The number of imidazole rings is 1. The summed E-state index contributed by atoms with van der Waals surface area (Å²) in [6, 6.07) is 6.77. The van der Waals surface area contributed by atoms with Gasteiger partial charge >= 0.3 is 0 Å². The van der Waals surface area contributed by atoms with Gasteiger partial charge in [-0.25, -0.2) is 19.3 Å². The second-order valence-corrected chi connectivity index (χ2v) is 6.44. The highest BCUT2D eigenvalue weighted by atomic mass is 19.1. The largest absolute Gasteiger partial charge is 0.494 e. The Morgan fingerprint density at radius 2 is 2.00 bits per heavy atom.